The van der Waals surface area contributed by atoms with Gasteiger partial charge in [0.15, 0.2) is 5.84 Å². The summed E-state index contributed by atoms with van der Waals surface area (Å²) in [6.07, 6.45) is 5.91. The van der Waals surface area contributed by atoms with Crippen molar-refractivity contribution in [3.63, 3.8) is 0 Å². The van der Waals surface area contributed by atoms with Crippen molar-refractivity contribution in [2.24, 2.45) is 16.6 Å². The maximum atomic E-state index is 8.27. The maximum Gasteiger partial charge on any atom is 0.170 e. The Bertz CT molecular complexity index is 216. The van der Waals surface area contributed by atoms with E-state index in [0.29, 0.717) is 5.57 Å². The van der Waals surface area contributed by atoms with Crippen molar-refractivity contribution in [1.82, 2.24) is 0 Å². The van der Waals surface area contributed by atoms with Crippen LogP contribution >= 0.6 is 0 Å². The minimum atomic E-state index is 0.00611. The van der Waals surface area contributed by atoms with Crippen LogP contribution in [0.3, 0.4) is 0 Å². The largest absolute Gasteiger partial charge is 0.409 e. The number of nitrogens with two attached hydrogens (primary N) is 2. The van der Waals surface area contributed by atoms with Crippen LogP contribution in [0.1, 0.15) is 0 Å². The van der Waals surface area contributed by atoms with Crippen molar-refractivity contribution < 1.29 is 5.21 Å². The summed E-state index contributed by atoms with van der Waals surface area (Å²) < 4.78 is 0. The minimum Gasteiger partial charge on any atom is -0.409 e. The van der Waals surface area contributed by atoms with Gasteiger partial charge in [0.1, 0.15) is 0 Å². The molecule has 0 spiro atoms. The molecule has 0 fully saturated rings. The lowest BCUT2D eigenvalue weighted by Gasteiger charge is -1.95. The van der Waals surface area contributed by atoms with E-state index in [2.05, 4.69) is 11.7 Å². The number of rotatable bonds is 3. The fraction of sp³-hybridized carbons (Fsp3) is 0. The van der Waals surface area contributed by atoms with Gasteiger partial charge in [-0.2, -0.15) is 0 Å². The van der Waals surface area contributed by atoms with Crippen LogP contribution in [0.5, 0.6) is 0 Å². The third kappa shape index (κ3) is 3.10. The highest BCUT2D eigenvalue weighted by Gasteiger charge is 1.95. The SMILES string of the molecule is C=C/C=C(\C=C/N)C(/N)=N/O. The van der Waals surface area contributed by atoms with Crippen LogP contribution in [0.2, 0.25) is 0 Å². The summed E-state index contributed by atoms with van der Waals surface area (Å²) in [5.74, 6) is 0.00611. The number of allylic oxidation sites excluding steroid dienone is 2. The van der Waals surface area contributed by atoms with Gasteiger partial charge < -0.3 is 16.7 Å². The predicted octanol–water partition coefficient (Wildman–Crippen LogP) is 0.318. The molecular formula is C7H11N3O. The first-order valence-electron chi connectivity index (χ1n) is 2.95. The topological polar surface area (TPSA) is 84.6 Å². The summed E-state index contributed by atoms with van der Waals surface area (Å²) >= 11 is 0. The summed E-state index contributed by atoms with van der Waals surface area (Å²) in [7, 11) is 0. The van der Waals surface area contributed by atoms with Gasteiger partial charge in [-0.05, 0) is 12.3 Å². The number of hydrogen-bond acceptors (Lipinski definition) is 3. The number of nitrogens with zero attached hydrogens (tertiary/aromatic N) is 1. The molecule has 0 saturated carbocycles. The molecule has 0 aliphatic heterocycles. The van der Waals surface area contributed by atoms with Gasteiger partial charge in [0.25, 0.3) is 0 Å². The average Bonchev–Trinajstić information content (AvgIpc) is 2.03. The van der Waals surface area contributed by atoms with Crippen LogP contribution in [-0.4, -0.2) is 11.0 Å². The van der Waals surface area contributed by atoms with E-state index in [9.17, 15) is 0 Å². The van der Waals surface area contributed by atoms with E-state index in [-0.39, 0.29) is 5.84 Å². The predicted molar refractivity (Wildman–Crippen MR) is 45.0 cm³/mol. The Morgan fingerprint density at radius 2 is 2.18 bits per heavy atom. The molecule has 60 valence electrons. The zero-order valence-corrected chi connectivity index (χ0v) is 6.07. The first-order chi connectivity index (χ1) is 5.26. The molecule has 0 aliphatic rings. The molecule has 0 unspecified atom stereocenters. The molecule has 0 aromatic heterocycles. The molecule has 4 nitrogen and oxygen atoms in total. The van der Waals surface area contributed by atoms with E-state index in [1.54, 1.807) is 6.08 Å². The highest BCUT2D eigenvalue weighted by molar-refractivity contribution is 5.99. The Kier molecular flexibility index (Phi) is 4.31. The number of amidine groups is 1. The highest BCUT2D eigenvalue weighted by Crippen LogP contribution is 1.95. The van der Waals surface area contributed by atoms with Crippen molar-refractivity contribution in [3.8, 4) is 0 Å². The second-order valence-electron chi connectivity index (χ2n) is 1.70. The molecule has 0 bridgehead atoms. The van der Waals surface area contributed by atoms with Crippen molar-refractivity contribution >= 4 is 5.84 Å². The highest BCUT2D eigenvalue weighted by atomic mass is 16.4. The number of oxime groups is 1. The van der Waals surface area contributed by atoms with E-state index in [1.807, 2.05) is 0 Å². The van der Waals surface area contributed by atoms with Gasteiger partial charge in [-0.25, -0.2) is 0 Å². The van der Waals surface area contributed by atoms with E-state index in [4.69, 9.17) is 16.7 Å². The Hall–Kier alpha value is -1.71. The van der Waals surface area contributed by atoms with Crippen molar-refractivity contribution in [3.05, 3.63) is 36.6 Å². The van der Waals surface area contributed by atoms with Crippen LogP contribution in [0.25, 0.3) is 0 Å². The minimum absolute atomic E-state index is 0.00611. The fourth-order valence-corrected chi connectivity index (χ4v) is 0.515. The van der Waals surface area contributed by atoms with E-state index in [0.717, 1.165) is 0 Å². The van der Waals surface area contributed by atoms with Gasteiger partial charge in [0.05, 0.1) is 0 Å². The van der Waals surface area contributed by atoms with Crippen molar-refractivity contribution in [2.75, 3.05) is 0 Å². The van der Waals surface area contributed by atoms with Gasteiger partial charge in [0.2, 0.25) is 0 Å². The molecular weight excluding hydrogens is 142 g/mol. The third-order valence-electron chi connectivity index (χ3n) is 0.977. The van der Waals surface area contributed by atoms with E-state index < -0.39 is 0 Å². The van der Waals surface area contributed by atoms with E-state index in [1.165, 1.54) is 18.4 Å². The van der Waals surface area contributed by atoms with Crippen LogP contribution in [0.15, 0.2) is 41.7 Å². The van der Waals surface area contributed by atoms with Gasteiger partial charge in [-0.1, -0.05) is 23.9 Å². The second kappa shape index (κ2) is 5.10. The monoisotopic (exact) mass is 153 g/mol. The summed E-state index contributed by atoms with van der Waals surface area (Å²) in [5.41, 5.74) is 10.9. The molecule has 0 rings (SSSR count). The first kappa shape index (κ1) is 9.29. The van der Waals surface area contributed by atoms with Crippen LogP contribution in [-0.2, 0) is 0 Å². The Balaban J connectivity index is 4.61. The molecule has 5 N–H and O–H groups in total. The Morgan fingerprint density at radius 1 is 1.55 bits per heavy atom. The molecule has 0 aromatic carbocycles. The summed E-state index contributed by atoms with van der Waals surface area (Å²) in [4.78, 5) is 0. The average molecular weight is 153 g/mol. The third-order valence-corrected chi connectivity index (χ3v) is 0.977. The summed E-state index contributed by atoms with van der Waals surface area (Å²) in [6, 6.07) is 0. The van der Waals surface area contributed by atoms with Gasteiger partial charge >= 0.3 is 0 Å². The van der Waals surface area contributed by atoms with Gasteiger partial charge in [0, 0.05) is 5.57 Å². The lowest BCUT2D eigenvalue weighted by atomic mass is 10.2. The molecule has 0 amide bonds. The zero-order valence-electron chi connectivity index (χ0n) is 6.07. The molecule has 0 aromatic rings. The molecule has 0 heterocycles. The van der Waals surface area contributed by atoms with Crippen LogP contribution in [0.4, 0.5) is 0 Å². The Labute approximate surface area is 65.2 Å². The quantitative estimate of drug-likeness (QED) is 0.179. The standard InChI is InChI=1S/C7H11N3O/c1-2-3-6(4-5-8)7(9)10-11/h2-5,11H,1,8H2,(H2,9,10)/b5-4-,6-3+. The van der Waals surface area contributed by atoms with Crippen LogP contribution < -0.4 is 11.5 Å². The molecule has 11 heavy (non-hydrogen) atoms. The molecule has 0 saturated heterocycles. The van der Waals surface area contributed by atoms with Crippen molar-refractivity contribution in [2.45, 2.75) is 0 Å². The fourth-order valence-electron chi connectivity index (χ4n) is 0.515. The normalized spacial score (nSPS) is 13.8. The molecule has 0 atom stereocenters. The molecule has 0 aliphatic carbocycles. The summed E-state index contributed by atoms with van der Waals surface area (Å²) in [5, 5.41) is 11.1. The Morgan fingerprint density at radius 3 is 2.55 bits per heavy atom. The van der Waals surface area contributed by atoms with E-state index >= 15 is 0 Å². The van der Waals surface area contributed by atoms with Gasteiger partial charge in [-0.15, -0.1) is 0 Å². The van der Waals surface area contributed by atoms with Gasteiger partial charge in [-0.3, -0.25) is 0 Å². The maximum absolute atomic E-state index is 8.27. The second-order valence-corrected chi connectivity index (χ2v) is 1.70. The lowest BCUT2D eigenvalue weighted by molar-refractivity contribution is 0.318. The zero-order chi connectivity index (χ0) is 8.69. The number of hydrogen-bond donors (Lipinski definition) is 3. The molecule has 4 heteroatoms. The smallest absolute Gasteiger partial charge is 0.170 e. The van der Waals surface area contributed by atoms with Crippen LogP contribution in [0, 0.1) is 0 Å². The lowest BCUT2D eigenvalue weighted by Crippen LogP contribution is -2.13. The summed E-state index contributed by atoms with van der Waals surface area (Å²) in [6.45, 7) is 3.46. The van der Waals surface area contributed by atoms with Crippen molar-refractivity contribution in [1.29, 1.82) is 0 Å². The molecule has 0 radical (unpaired) electrons. The first-order valence-corrected chi connectivity index (χ1v) is 2.95.